The second kappa shape index (κ2) is 58.7. The lowest BCUT2D eigenvalue weighted by Crippen LogP contribution is -2.63. The Morgan fingerprint density at radius 3 is 1.09 bits per heavy atom. The number of unbranched alkanes of at least 4 members (excludes halogenated alkanes) is 1. The third-order valence-electron chi connectivity index (χ3n) is 19.2. The summed E-state index contributed by atoms with van der Waals surface area (Å²) in [4.78, 5) is 256. The van der Waals surface area contributed by atoms with Crippen molar-refractivity contribution in [3.8, 4) is 0 Å². The number of hydrogen-bond acceptors (Lipinski definition) is 28. The second-order valence-electron chi connectivity index (χ2n) is 31.9. The minimum atomic E-state index is -4.02. The highest BCUT2D eigenvalue weighted by molar-refractivity contribution is 7.89. The van der Waals surface area contributed by atoms with E-state index in [0.29, 0.717) is 5.56 Å². The lowest BCUT2D eigenvalue weighted by Gasteiger charge is -2.29. The number of aryl methyl sites for hydroxylation is 1. The third-order valence-corrected chi connectivity index (χ3v) is 20.7. The minimum Gasteiger partial charge on any atom is -0.481 e. The molecule has 732 valence electrons. The fourth-order valence-corrected chi connectivity index (χ4v) is 13.4. The molecule has 0 aliphatic rings. The number of aliphatic carboxylic acids is 3. The number of carboxylic acid groups (broad SMARTS) is 3. The highest BCUT2D eigenvalue weighted by Gasteiger charge is 2.40. The molecule has 16 amide bonds. The number of guanidine groups is 1. The van der Waals surface area contributed by atoms with Crippen molar-refractivity contribution in [3.05, 3.63) is 65.7 Å². The molecular weight excluding hydrogens is 1750 g/mol. The van der Waals surface area contributed by atoms with Crippen LogP contribution in [0.5, 0.6) is 0 Å². The van der Waals surface area contributed by atoms with Gasteiger partial charge in [0.25, 0.3) is 0 Å². The highest BCUT2D eigenvalue weighted by Crippen LogP contribution is 2.16. The second-order valence-corrected chi connectivity index (χ2v) is 33.7. The molecule has 0 heterocycles. The van der Waals surface area contributed by atoms with E-state index >= 15 is 0 Å². The average molecular weight is 1880 g/mol. The third kappa shape index (κ3) is 44.3. The van der Waals surface area contributed by atoms with Gasteiger partial charge in [-0.15, -0.1) is 0 Å². The maximum absolute atomic E-state index is 14.4. The van der Waals surface area contributed by atoms with Gasteiger partial charge in [-0.3, -0.25) is 86.9 Å². The van der Waals surface area contributed by atoms with Crippen LogP contribution in [0, 0.1) is 30.1 Å². The van der Waals surface area contributed by atoms with Crippen LogP contribution < -0.4 is 102 Å². The number of ether oxygens (including phenoxy) is 1. The molecule has 51 heteroatoms. The zero-order valence-corrected chi connectivity index (χ0v) is 74.7. The summed E-state index contributed by atoms with van der Waals surface area (Å²) in [5, 5.41) is 123. The number of nitrogens with one attached hydrogen (secondary N) is 17. The molecule has 2 aromatic carbocycles. The quantitative estimate of drug-likeness (QED) is 0.0166. The monoisotopic (exact) mass is 1880 g/mol. The van der Waals surface area contributed by atoms with Gasteiger partial charge in [-0.05, 0) is 120 Å². The van der Waals surface area contributed by atoms with Crippen LogP contribution >= 0.6 is 0 Å². The summed E-state index contributed by atoms with van der Waals surface area (Å²) in [6.45, 7) is 7.10. The van der Waals surface area contributed by atoms with Gasteiger partial charge in [0.2, 0.25) is 98.6 Å². The Morgan fingerprint density at radius 1 is 0.382 bits per heavy atom. The molecule has 0 saturated heterocycles. The molecule has 15 atom stereocenters. The van der Waals surface area contributed by atoms with Crippen molar-refractivity contribution in [1.29, 1.82) is 5.41 Å². The standard InChI is InChI=1S/C80H126N20O30S/c1-40(2)31-52(92-72(119)55(34-61(82)107)95-77(124)64(44(8)105)100-76(123)58(37-103)98-71(118)54(33-42(5)6)94-75(122)59(38-104)99-80(127)130-39-45-15-10-9-11-16-45)70(117)90-49(23-26-60(81)106)67(114)89-50(24-27-62(108)109)68(115)97-57(36-102)74(121)93-53(32-41(3)4)69(116)87-48(18-14-29-85-79(83)84)66(113)96-56(35-101)73(120)88-47(65(112)91-51(78(125)126)25-28-63(110)111)17-12-13-30-86-131(128,129)46-21-19-43(7)20-22-46/h9-11,15-16,19-22,40-42,44,47-59,64,86,101-105H,12-14,17-18,23-39H2,1-8H3,(H2,81,106)(H2,82,107)(H,87,116)(H,88,120)(H,89,114)(H,90,117)(H,91,112)(H,92,119)(H,93,121)(H,94,122)(H,95,124)(H,96,113)(H,97,115)(H,98,118)(H,99,127)(H,100,123)(H,108,109)(H,110,111)(H,125,126)(H4,83,84,85)/t44-,47+,48+,49+,50+,51+,52+,53+,54+,55+,56+,57+,58+,59+,64+/m1/s1. The van der Waals surface area contributed by atoms with Gasteiger partial charge in [-0.2, -0.15) is 0 Å². The number of carboxylic acids is 3. The van der Waals surface area contributed by atoms with Crippen molar-refractivity contribution in [2.45, 2.75) is 254 Å². The lowest BCUT2D eigenvalue weighted by molar-refractivity contribution is -0.143. The first kappa shape index (κ1) is 114. The number of sulfonamides is 1. The van der Waals surface area contributed by atoms with Crippen LogP contribution in [0.2, 0.25) is 0 Å². The Bertz CT molecular complexity index is 4340. The molecule has 0 radical (unpaired) electrons. The van der Waals surface area contributed by atoms with Crippen molar-refractivity contribution < 1.29 is 145 Å². The molecule has 2 aromatic rings. The molecule has 31 N–H and O–H groups in total. The van der Waals surface area contributed by atoms with Gasteiger partial charge in [-0.25, -0.2) is 22.7 Å². The molecule has 0 aliphatic carbocycles. The largest absolute Gasteiger partial charge is 0.481 e. The van der Waals surface area contributed by atoms with Gasteiger partial charge in [-0.1, -0.05) is 89.6 Å². The van der Waals surface area contributed by atoms with E-state index in [4.69, 9.17) is 27.3 Å². The number of carbonyl (C=O) groups excluding carboxylic acids is 16. The molecule has 0 bridgehead atoms. The zero-order chi connectivity index (χ0) is 99.1. The minimum absolute atomic E-state index is 0.0125. The van der Waals surface area contributed by atoms with E-state index in [1.165, 1.54) is 12.1 Å². The van der Waals surface area contributed by atoms with Crippen molar-refractivity contribution in [2.75, 3.05) is 39.5 Å². The molecule has 50 nitrogen and oxygen atoms in total. The first-order chi connectivity index (χ1) is 61.4. The van der Waals surface area contributed by atoms with Crippen molar-refractivity contribution in [3.63, 3.8) is 0 Å². The van der Waals surface area contributed by atoms with E-state index < -0.39 is 302 Å². The predicted octanol–water partition coefficient (Wildman–Crippen LogP) is -8.25. The van der Waals surface area contributed by atoms with E-state index in [0.717, 1.165) is 12.5 Å². The molecule has 0 spiro atoms. The number of nitrogens with two attached hydrogens (primary N) is 3. The molecule has 0 unspecified atom stereocenters. The van der Waals surface area contributed by atoms with E-state index in [-0.39, 0.29) is 81.9 Å². The molecule has 2 rings (SSSR count). The van der Waals surface area contributed by atoms with Gasteiger partial charge < -0.3 is 143 Å². The summed E-state index contributed by atoms with van der Waals surface area (Å²) in [6.07, 6.45) is -10.1. The van der Waals surface area contributed by atoms with Gasteiger partial charge in [0, 0.05) is 32.4 Å². The van der Waals surface area contributed by atoms with Gasteiger partial charge in [0.15, 0.2) is 5.96 Å². The smallest absolute Gasteiger partial charge is 0.408 e. The number of aliphatic hydroxyl groups is 5. The predicted molar refractivity (Wildman–Crippen MR) is 460 cm³/mol. The van der Waals surface area contributed by atoms with Gasteiger partial charge in [0.1, 0.15) is 91.2 Å². The lowest BCUT2D eigenvalue weighted by atomic mass is 10.0. The van der Waals surface area contributed by atoms with Crippen LogP contribution in [-0.4, -0.2) is 298 Å². The summed E-state index contributed by atoms with van der Waals surface area (Å²) in [5.41, 5.74) is 17.7. The summed E-state index contributed by atoms with van der Waals surface area (Å²) in [5.74, 6) is -25.3. The Balaban J connectivity index is 2.46. The Labute approximate surface area is 754 Å². The maximum atomic E-state index is 14.4. The van der Waals surface area contributed by atoms with E-state index in [1.807, 2.05) is 0 Å². The number of rotatable bonds is 63. The fraction of sp³-hybridized carbons (Fsp3) is 0.600. The fourth-order valence-electron chi connectivity index (χ4n) is 12.3. The molecule has 0 saturated carbocycles. The molecular formula is C80H126N20O30S. The van der Waals surface area contributed by atoms with Crippen LogP contribution in [0.3, 0.4) is 0 Å². The molecule has 131 heavy (non-hydrogen) atoms. The van der Waals surface area contributed by atoms with Gasteiger partial charge in [0.05, 0.1) is 43.8 Å². The summed E-state index contributed by atoms with van der Waals surface area (Å²) >= 11 is 0. The first-order valence-corrected chi connectivity index (χ1v) is 43.4. The van der Waals surface area contributed by atoms with Gasteiger partial charge >= 0.3 is 24.0 Å². The van der Waals surface area contributed by atoms with Crippen molar-refractivity contribution in [1.82, 2.24) is 84.5 Å². The van der Waals surface area contributed by atoms with Crippen molar-refractivity contribution in [2.24, 2.45) is 35.0 Å². The number of amides is 16. The van der Waals surface area contributed by atoms with Crippen LogP contribution in [0.1, 0.15) is 156 Å². The molecule has 0 aliphatic heterocycles. The maximum Gasteiger partial charge on any atom is 0.408 e. The number of aliphatic hydroxyl groups excluding tert-OH is 5. The highest BCUT2D eigenvalue weighted by atomic mass is 32.2. The zero-order valence-electron chi connectivity index (χ0n) is 73.8. The Hall–Kier alpha value is -12.9. The Morgan fingerprint density at radius 2 is 0.718 bits per heavy atom. The topological polar surface area (TPSA) is 824 Å². The number of primary amides is 2. The summed E-state index contributed by atoms with van der Waals surface area (Å²) in [6, 6.07) is -11.7. The number of carbonyl (C=O) groups is 19. The first-order valence-electron chi connectivity index (χ1n) is 41.9. The molecule has 0 aromatic heterocycles. The van der Waals surface area contributed by atoms with Crippen LogP contribution in [0.15, 0.2) is 59.5 Å². The SMILES string of the molecule is Cc1ccc(S(=O)(=O)NCCCC[C@H](NC(=O)[C@H](CO)NC(=O)[C@H](CCCNC(=N)N)NC(=O)[C@H](CC(C)C)NC(=O)[C@H](CO)NC(=O)[C@H](CCC(=O)O)NC(=O)[C@H](CCC(N)=O)NC(=O)[C@H](CC(C)C)NC(=O)[C@H](CC(N)=O)NC(=O)[C@@H](NC(=O)[C@H](CO)NC(=O)[C@H](CC(C)C)NC(=O)[C@H](CO)NC(=O)OCc2ccccc2)[C@@H](C)O)C(=O)N[C@@H](CCC(=O)O)C(=O)O)cc1. The molecule has 0 fully saturated rings. The summed E-state index contributed by atoms with van der Waals surface area (Å²) in [7, 11) is -4.02. The Kier molecular flexibility index (Phi) is 51.1. The number of hydrogen-bond donors (Lipinski definition) is 28. The van der Waals surface area contributed by atoms with E-state index in [9.17, 15) is 140 Å². The van der Waals surface area contributed by atoms with Crippen LogP contribution in [0.25, 0.3) is 0 Å². The van der Waals surface area contributed by atoms with E-state index in [1.54, 1.807) is 90.9 Å². The normalized spacial score (nSPS) is 14.7. The van der Waals surface area contributed by atoms with E-state index in [2.05, 4.69) is 84.5 Å². The van der Waals surface area contributed by atoms with Crippen LogP contribution in [0.4, 0.5) is 4.79 Å². The van der Waals surface area contributed by atoms with Crippen LogP contribution in [-0.2, 0) is 108 Å². The summed E-state index contributed by atoms with van der Waals surface area (Å²) < 4.78 is 33.4. The van der Waals surface area contributed by atoms with Crippen molar-refractivity contribution >= 4 is 129 Å². The average Bonchev–Trinajstić information content (AvgIpc) is 0.882. The number of benzene rings is 2. The number of alkyl carbamates (subject to hydrolysis) is 1.